The van der Waals surface area contributed by atoms with E-state index in [0.29, 0.717) is 16.7 Å². The van der Waals surface area contributed by atoms with E-state index in [2.05, 4.69) is 21.2 Å². The summed E-state index contributed by atoms with van der Waals surface area (Å²) >= 11 is 8.89. The van der Waals surface area contributed by atoms with Crippen LogP contribution in [0.15, 0.2) is 40.9 Å². The fraction of sp³-hybridized carbons (Fsp3) is 0.0769. The maximum atomic E-state index is 13.0. The molecule has 0 unspecified atom stereocenters. The summed E-state index contributed by atoms with van der Waals surface area (Å²) in [7, 11) is 0. The summed E-state index contributed by atoms with van der Waals surface area (Å²) in [6, 6.07) is 9.05. The lowest BCUT2D eigenvalue weighted by molar-refractivity contribution is -0.385. The first-order chi connectivity index (χ1) is 9.49. The van der Waals surface area contributed by atoms with Crippen LogP contribution in [0.3, 0.4) is 0 Å². The van der Waals surface area contributed by atoms with Gasteiger partial charge < -0.3 is 5.32 Å². The van der Waals surface area contributed by atoms with Gasteiger partial charge in [0.25, 0.3) is 5.69 Å². The average molecular weight is 360 g/mol. The normalized spacial score (nSPS) is 10.3. The minimum atomic E-state index is -0.492. The highest BCUT2D eigenvalue weighted by Gasteiger charge is 2.14. The van der Waals surface area contributed by atoms with Gasteiger partial charge in [-0.1, -0.05) is 23.7 Å². The molecule has 0 aliphatic carbocycles. The molecular weight excluding hydrogens is 351 g/mol. The highest BCUT2D eigenvalue weighted by Crippen LogP contribution is 2.29. The molecule has 20 heavy (non-hydrogen) atoms. The molecule has 0 aromatic heterocycles. The Bertz CT molecular complexity index is 667. The molecule has 0 saturated carbocycles. The molecule has 4 nitrogen and oxygen atoms in total. The van der Waals surface area contributed by atoms with Gasteiger partial charge >= 0.3 is 0 Å². The third kappa shape index (κ3) is 3.26. The number of nitrogens with one attached hydrogen (secondary N) is 1. The van der Waals surface area contributed by atoms with E-state index in [1.807, 2.05) is 0 Å². The van der Waals surface area contributed by atoms with Crippen molar-refractivity contribution in [2.75, 3.05) is 5.32 Å². The van der Waals surface area contributed by atoms with E-state index in [1.165, 1.54) is 18.2 Å². The van der Waals surface area contributed by atoms with E-state index in [4.69, 9.17) is 11.6 Å². The van der Waals surface area contributed by atoms with Crippen LogP contribution >= 0.6 is 27.5 Å². The van der Waals surface area contributed by atoms with Gasteiger partial charge in [-0.15, -0.1) is 0 Å². The summed E-state index contributed by atoms with van der Waals surface area (Å²) in [5, 5.41) is 13.9. The second kappa shape index (κ2) is 6.19. The maximum absolute atomic E-state index is 13.0. The van der Waals surface area contributed by atoms with Gasteiger partial charge in [-0.2, -0.15) is 0 Å². The van der Waals surface area contributed by atoms with Crippen molar-refractivity contribution in [1.82, 2.24) is 0 Å². The standard InChI is InChI=1S/C13H9BrClFN2O2/c14-13-8(2-1-3-12(13)18(19)20)7-17-9-4-5-11(16)10(15)6-9/h1-6,17H,7H2. The lowest BCUT2D eigenvalue weighted by Gasteiger charge is -2.09. The second-order valence-electron chi connectivity index (χ2n) is 3.99. The van der Waals surface area contributed by atoms with E-state index >= 15 is 0 Å². The predicted octanol–water partition coefficient (Wildman–Crippen LogP) is 4.76. The third-order valence-electron chi connectivity index (χ3n) is 2.66. The molecule has 0 bridgehead atoms. The van der Waals surface area contributed by atoms with Gasteiger partial charge in [0.05, 0.1) is 9.95 Å². The Morgan fingerprint density at radius 3 is 2.75 bits per heavy atom. The van der Waals surface area contributed by atoms with Gasteiger partial charge in [0, 0.05) is 18.3 Å². The molecular formula is C13H9BrClFN2O2. The number of hydrogen-bond acceptors (Lipinski definition) is 3. The quantitative estimate of drug-likeness (QED) is 0.632. The van der Waals surface area contributed by atoms with Crippen LogP contribution in [-0.2, 0) is 6.54 Å². The van der Waals surface area contributed by atoms with Gasteiger partial charge in [-0.3, -0.25) is 10.1 Å². The van der Waals surface area contributed by atoms with Gasteiger partial charge in [0.2, 0.25) is 0 Å². The first-order valence-corrected chi connectivity index (χ1v) is 6.77. The number of rotatable bonds is 4. The molecule has 0 amide bonds. The first-order valence-electron chi connectivity index (χ1n) is 5.59. The smallest absolute Gasteiger partial charge is 0.283 e. The van der Waals surface area contributed by atoms with Crippen molar-refractivity contribution in [3.63, 3.8) is 0 Å². The van der Waals surface area contributed by atoms with E-state index in [9.17, 15) is 14.5 Å². The Morgan fingerprint density at radius 1 is 1.35 bits per heavy atom. The van der Waals surface area contributed by atoms with Crippen LogP contribution in [0.5, 0.6) is 0 Å². The van der Waals surface area contributed by atoms with Crippen molar-refractivity contribution in [3.05, 3.63) is 67.4 Å². The number of nitro groups is 1. The molecule has 104 valence electrons. The lowest BCUT2D eigenvalue weighted by atomic mass is 10.2. The van der Waals surface area contributed by atoms with Crippen LogP contribution in [0, 0.1) is 15.9 Å². The van der Waals surface area contributed by atoms with Crippen LogP contribution in [0.25, 0.3) is 0 Å². The van der Waals surface area contributed by atoms with Gasteiger partial charge in [0.1, 0.15) is 10.3 Å². The lowest BCUT2D eigenvalue weighted by Crippen LogP contribution is -2.02. The third-order valence-corrected chi connectivity index (χ3v) is 3.86. The van der Waals surface area contributed by atoms with Crippen LogP contribution in [-0.4, -0.2) is 4.92 Å². The molecule has 0 radical (unpaired) electrons. The van der Waals surface area contributed by atoms with Crippen molar-refractivity contribution < 1.29 is 9.31 Å². The molecule has 2 rings (SSSR count). The van der Waals surface area contributed by atoms with E-state index < -0.39 is 10.7 Å². The Hall–Kier alpha value is -1.66. The highest BCUT2D eigenvalue weighted by atomic mass is 79.9. The average Bonchev–Trinajstić information content (AvgIpc) is 2.41. The summed E-state index contributed by atoms with van der Waals surface area (Å²) in [6.07, 6.45) is 0. The monoisotopic (exact) mass is 358 g/mol. The minimum Gasteiger partial charge on any atom is -0.381 e. The summed E-state index contributed by atoms with van der Waals surface area (Å²) in [5.41, 5.74) is 1.36. The van der Waals surface area contributed by atoms with E-state index in [-0.39, 0.29) is 10.7 Å². The summed E-state index contributed by atoms with van der Waals surface area (Å²) < 4.78 is 13.4. The van der Waals surface area contributed by atoms with Crippen molar-refractivity contribution >= 4 is 38.9 Å². The summed E-state index contributed by atoms with van der Waals surface area (Å²) in [5.74, 6) is -0.492. The Balaban J connectivity index is 2.17. The first kappa shape index (κ1) is 14.7. The van der Waals surface area contributed by atoms with Crippen LogP contribution in [0.2, 0.25) is 5.02 Å². The molecule has 0 fully saturated rings. The number of halogens is 3. The van der Waals surface area contributed by atoms with Crippen molar-refractivity contribution in [2.24, 2.45) is 0 Å². The molecule has 0 aliphatic heterocycles. The topological polar surface area (TPSA) is 55.2 Å². The summed E-state index contributed by atoms with van der Waals surface area (Å²) in [4.78, 5) is 10.4. The Kier molecular flexibility index (Phi) is 4.57. The van der Waals surface area contributed by atoms with E-state index in [0.717, 1.165) is 5.56 Å². The highest BCUT2D eigenvalue weighted by molar-refractivity contribution is 9.10. The zero-order valence-electron chi connectivity index (χ0n) is 10.1. The van der Waals surface area contributed by atoms with Crippen LogP contribution in [0.4, 0.5) is 15.8 Å². The largest absolute Gasteiger partial charge is 0.381 e. The number of hydrogen-bond donors (Lipinski definition) is 1. The molecule has 1 N–H and O–H groups in total. The molecule has 0 aliphatic rings. The molecule has 2 aromatic rings. The van der Waals surface area contributed by atoms with Crippen LogP contribution in [0.1, 0.15) is 5.56 Å². The number of nitrogens with zero attached hydrogens (tertiary/aromatic N) is 1. The molecule has 0 heterocycles. The van der Waals surface area contributed by atoms with Gasteiger partial charge in [-0.05, 0) is 39.7 Å². The Morgan fingerprint density at radius 2 is 2.10 bits per heavy atom. The fourth-order valence-corrected chi connectivity index (χ4v) is 2.38. The predicted molar refractivity (Wildman–Crippen MR) is 79.5 cm³/mol. The minimum absolute atomic E-state index is 0.00133. The maximum Gasteiger partial charge on any atom is 0.283 e. The zero-order chi connectivity index (χ0) is 14.7. The molecule has 2 aromatic carbocycles. The van der Waals surface area contributed by atoms with Crippen molar-refractivity contribution in [1.29, 1.82) is 0 Å². The zero-order valence-corrected chi connectivity index (χ0v) is 12.4. The number of nitro benzene ring substituents is 1. The molecule has 0 atom stereocenters. The summed E-state index contributed by atoms with van der Waals surface area (Å²) in [6.45, 7) is 0.351. The number of benzene rings is 2. The van der Waals surface area contributed by atoms with Gasteiger partial charge in [-0.25, -0.2) is 4.39 Å². The SMILES string of the molecule is O=[N+]([O-])c1cccc(CNc2ccc(F)c(Cl)c2)c1Br. The van der Waals surface area contributed by atoms with Crippen molar-refractivity contribution in [2.45, 2.75) is 6.54 Å². The van der Waals surface area contributed by atoms with E-state index in [1.54, 1.807) is 18.2 Å². The Labute approximate surface area is 127 Å². The fourth-order valence-electron chi connectivity index (χ4n) is 1.65. The number of anilines is 1. The molecule has 7 heteroatoms. The molecule has 0 saturated heterocycles. The van der Waals surface area contributed by atoms with Crippen molar-refractivity contribution in [3.8, 4) is 0 Å². The van der Waals surface area contributed by atoms with Crippen LogP contribution < -0.4 is 5.32 Å². The molecule has 0 spiro atoms. The second-order valence-corrected chi connectivity index (χ2v) is 5.19. The van der Waals surface area contributed by atoms with Gasteiger partial charge in [0.15, 0.2) is 0 Å².